The molecule has 0 radical (unpaired) electrons. The molecule has 0 fully saturated rings. The van der Waals surface area contributed by atoms with Crippen molar-refractivity contribution in [3.63, 3.8) is 0 Å². The molecule has 0 saturated heterocycles. The summed E-state index contributed by atoms with van der Waals surface area (Å²) < 4.78 is 1.41. The van der Waals surface area contributed by atoms with E-state index in [9.17, 15) is 9.59 Å². The number of hydrogen-bond acceptors (Lipinski definition) is 4. The summed E-state index contributed by atoms with van der Waals surface area (Å²) in [5.41, 5.74) is 6.42. The van der Waals surface area contributed by atoms with E-state index >= 15 is 0 Å². The third kappa shape index (κ3) is 1.70. The van der Waals surface area contributed by atoms with Crippen LogP contribution >= 0.6 is 0 Å². The van der Waals surface area contributed by atoms with Gasteiger partial charge in [-0.05, 0) is 19.9 Å². The van der Waals surface area contributed by atoms with Gasteiger partial charge < -0.3 is 15.8 Å². The summed E-state index contributed by atoms with van der Waals surface area (Å²) in [5, 5.41) is 12.9. The molecule has 2 aromatic heterocycles. The molecule has 17 heavy (non-hydrogen) atoms. The second-order valence-corrected chi connectivity index (χ2v) is 3.68. The van der Waals surface area contributed by atoms with Crippen LogP contribution in [-0.2, 0) is 6.42 Å². The van der Waals surface area contributed by atoms with E-state index in [1.165, 1.54) is 10.7 Å². The Balaban J connectivity index is 2.78. The van der Waals surface area contributed by atoms with Crippen LogP contribution < -0.4 is 11.3 Å². The third-order valence-corrected chi connectivity index (χ3v) is 2.65. The molecular formula is C10H12N4O3. The van der Waals surface area contributed by atoms with Gasteiger partial charge in [0, 0.05) is 11.3 Å². The van der Waals surface area contributed by atoms with Gasteiger partial charge in [0.15, 0.2) is 5.65 Å². The van der Waals surface area contributed by atoms with Crippen LogP contribution in [0.5, 0.6) is 0 Å². The zero-order valence-electron chi connectivity index (χ0n) is 9.23. The number of aryl methyl sites for hydroxylation is 1. The van der Waals surface area contributed by atoms with Crippen molar-refractivity contribution in [1.29, 1.82) is 0 Å². The van der Waals surface area contributed by atoms with Crippen LogP contribution in [0.1, 0.15) is 21.6 Å². The van der Waals surface area contributed by atoms with Gasteiger partial charge in [0.25, 0.3) is 5.56 Å². The van der Waals surface area contributed by atoms with Crippen LogP contribution in [0.25, 0.3) is 5.65 Å². The van der Waals surface area contributed by atoms with Crippen molar-refractivity contribution in [1.82, 2.24) is 14.6 Å². The molecule has 90 valence electrons. The van der Waals surface area contributed by atoms with E-state index < -0.39 is 5.97 Å². The molecule has 2 aromatic rings. The summed E-state index contributed by atoms with van der Waals surface area (Å²) in [6.45, 7) is 2.06. The lowest BCUT2D eigenvalue weighted by molar-refractivity contribution is 0.0699. The van der Waals surface area contributed by atoms with Crippen molar-refractivity contribution in [2.75, 3.05) is 6.54 Å². The number of carboxylic acid groups (broad SMARTS) is 1. The number of nitrogens with one attached hydrogen (secondary N) is 1. The van der Waals surface area contributed by atoms with Gasteiger partial charge in [0.2, 0.25) is 0 Å². The first kappa shape index (κ1) is 11.3. The molecule has 0 aliphatic carbocycles. The fourth-order valence-electron chi connectivity index (χ4n) is 1.79. The van der Waals surface area contributed by atoms with Crippen molar-refractivity contribution in [3.05, 3.63) is 33.4 Å². The van der Waals surface area contributed by atoms with Crippen LogP contribution in [0.2, 0.25) is 0 Å². The number of carbonyl (C=O) groups is 1. The minimum absolute atomic E-state index is 0.0236. The summed E-state index contributed by atoms with van der Waals surface area (Å²) in [5.74, 6) is -1.12. The Hall–Kier alpha value is -2.15. The molecule has 0 aliphatic rings. The lowest BCUT2D eigenvalue weighted by atomic mass is 10.1. The summed E-state index contributed by atoms with van der Waals surface area (Å²) in [4.78, 5) is 25.2. The molecule has 0 aliphatic heterocycles. The molecule has 7 nitrogen and oxygen atoms in total. The van der Waals surface area contributed by atoms with Crippen molar-refractivity contribution in [2.45, 2.75) is 13.3 Å². The number of nitrogens with zero attached hydrogens (tertiary/aromatic N) is 2. The van der Waals surface area contributed by atoms with E-state index in [0.717, 1.165) is 0 Å². The molecule has 0 aromatic carbocycles. The fourth-order valence-corrected chi connectivity index (χ4v) is 1.79. The van der Waals surface area contributed by atoms with Crippen molar-refractivity contribution < 1.29 is 9.90 Å². The Morgan fingerprint density at radius 3 is 2.94 bits per heavy atom. The minimum Gasteiger partial charge on any atom is -0.477 e. The Morgan fingerprint density at radius 2 is 2.35 bits per heavy atom. The number of hydrogen-bond donors (Lipinski definition) is 3. The smallest absolute Gasteiger partial charge is 0.341 e. The number of aromatic amines is 1. The Morgan fingerprint density at radius 1 is 1.65 bits per heavy atom. The predicted molar refractivity (Wildman–Crippen MR) is 60.3 cm³/mol. The van der Waals surface area contributed by atoms with Gasteiger partial charge in [0.1, 0.15) is 5.56 Å². The molecule has 0 bridgehead atoms. The van der Waals surface area contributed by atoms with E-state index in [4.69, 9.17) is 10.8 Å². The van der Waals surface area contributed by atoms with E-state index in [0.29, 0.717) is 24.2 Å². The summed E-state index contributed by atoms with van der Waals surface area (Å²) in [7, 11) is 0. The summed E-state index contributed by atoms with van der Waals surface area (Å²) in [6.07, 6.45) is 1.65. The average molecular weight is 236 g/mol. The molecular weight excluding hydrogens is 224 g/mol. The first-order valence-corrected chi connectivity index (χ1v) is 5.09. The van der Waals surface area contributed by atoms with Crippen LogP contribution in [0.4, 0.5) is 0 Å². The molecule has 0 unspecified atom stereocenters. The van der Waals surface area contributed by atoms with Gasteiger partial charge in [-0.3, -0.25) is 4.79 Å². The normalized spacial score (nSPS) is 10.9. The summed E-state index contributed by atoms with van der Waals surface area (Å²) >= 11 is 0. The van der Waals surface area contributed by atoms with Crippen LogP contribution in [-0.4, -0.2) is 32.2 Å². The van der Waals surface area contributed by atoms with Crippen LogP contribution in [0.15, 0.2) is 11.0 Å². The first-order valence-electron chi connectivity index (χ1n) is 5.09. The monoisotopic (exact) mass is 236 g/mol. The molecule has 7 heteroatoms. The Kier molecular flexibility index (Phi) is 2.68. The quantitative estimate of drug-likeness (QED) is 0.666. The van der Waals surface area contributed by atoms with Gasteiger partial charge in [0.05, 0.1) is 6.20 Å². The standard InChI is InChI=1S/C10H12N4O3/c1-5-6(2-3-11)9(15)13-8-7(10(16)17)4-12-14(5)8/h4H,2-3,11H2,1H3,(H,13,15)(H,16,17). The number of carboxylic acids is 1. The maximum Gasteiger partial charge on any atom is 0.341 e. The Labute approximate surface area is 95.9 Å². The molecule has 2 rings (SSSR count). The highest BCUT2D eigenvalue weighted by atomic mass is 16.4. The van der Waals surface area contributed by atoms with Gasteiger partial charge >= 0.3 is 5.97 Å². The first-order chi connectivity index (χ1) is 8.06. The minimum atomic E-state index is -1.12. The topological polar surface area (TPSA) is 113 Å². The number of fused-ring (bicyclic) bond motifs is 1. The number of aromatic nitrogens is 3. The largest absolute Gasteiger partial charge is 0.477 e. The molecule has 2 heterocycles. The predicted octanol–water partition coefficient (Wildman–Crippen LogP) is -0.470. The van der Waals surface area contributed by atoms with Gasteiger partial charge in [-0.25, -0.2) is 9.31 Å². The fraction of sp³-hybridized carbons (Fsp3) is 0.300. The second kappa shape index (κ2) is 4.02. The SMILES string of the molecule is Cc1c(CCN)c(=O)[nH]c2c(C(=O)O)cnn12. The molecule has 4 N–H and O–H groups in total. The third-order valence-electron chi connectivity index (χ3n) is 2.65. The number of rotatable bonds is 3. The summed E-state index contributed by atoms with van der Waals surface area (Å²) in [6, 6.07) is 0. The highest BCUT2D eigenvalue weighted by Crippen LogP contribution is 2.10. The van der Waals surface area contributed by atoms with Crippen molar-refractivity contribution >= 4 is 11.6 Å². The van der Waals surface area contributed by atoms with Gasteiger partial charge in [-0.1, -0.05) is 0 Å². The van der Waals surface area contributed by atoms with Crippen LogP contribution in [0, 0.1) is 6.92 Å². The highest BCUT2D eigenvalue weighted by Gasteiger charge is 2.16. The number of nitrogens with two attached hydrogens (primary N) is 1. The zero-order valence-corrected chi connectivity index (χ0v) is 9.23. The van der Waals surface area contributed by atoms with E-state index in [-0.39, 0.29) is 16.8 Å². The van der Waals surface area contributed by atoms with E-state index in [1.807, 2.05) is 0 Å². The van der Waals surface area contributed by atoms with Crippen molar-refractivity contribution in [3.8, 4) is 0 Å². The van der Waals surface area contributed by atoms with E-state index in [2.05, 4.69) is 10.1 Å². The number of aromatic carboxylic acids is 1. The number of H-pyrrole nitrogens is 1. The Bertz CT molecular complexity index is 641. The maximum absolute atomic E-state index is 11.8. The van der Waals surface area contributed by atoms with Crippen LogP contribution in [0.3, 0.4) is 0 Å². The van der Waals surface area contributed by atoms with E-state index in [1.54, 1.807) is 6.92 Å². The zero-order chi connectivity index (χ0) is 12.6. The molecule has 0 atom stereocenters. The lowest BCUT2D eigenvalue weighted by Crippen LogP contribution is -2.21. The highest BCUT2D eigenvalue weighted by molar-refractivity contribution is 5.94. The van der Waals surface area contributed by atoms with Crippen molar-refractivity contribution in [2.24, 2.45) is 5.73 Å². The average Bonchev–Trinajstić information content (AvgIpc) is 2.68. The molecule has 0 saturated carbocycles. The lowest BCUT2D eigenvalue weighted by Gasteiger charge is -2.05. The maximum atomic E-state index is 11.8. The molecule has 0 amide bonds. The second-order valence-electron chi connectivity index (χ2n) is 3.68. The van der Waals surface area contributed by atoms with Gasteiger partial charge in [-0.15, -0.1) is 0 Å². The van der Waals surface area contributed by atoms with Gasteiger partial charge in [-0.2, -0.15) is 5.10 Å². The molecule has 0 spiro atoms.